The predicted molar refractivity (Wildman–Crippen MR) is 561 cm³/mol. The number of carboxylic acids is 3. The maximum absolute atomic E-state index is 14.9. The average molecular weight is 2100 g/mol. The number of aromatic nitrogens is 8. The predicted octanol–water partition coefficient (Wildman–Crippen LogP) is 22.4. The van der Waals surface area contributed by atoms with E-state index in [0.717, 1.165) is 173 Å². The van der Waals surface area contributed by atoms with Crippen LogP contribution in [0.25, 0.3) is 44.8 Å². The fourth-order valence-corrected chi connectivity index (χ4v) is 22.0. The Balaban J connectivity index is 0.000000160. The van der Waals surface area contributed by atoms with Crippen LogP contribution in [0.3, 0.4) is 0 Å². The van der Waals surface area contributed by atoms with Gasteiger partial charge in [0.25, 0.3) is 10.0 Å². The minimum absolute atomic E-state index is 0.0202. The number of carbonyl (C=O) groups excluding carboxylic acids is 7. The number of Topliss-reactive ketones (excluding diaryl/α,β-unsaturated/α-hetero) is 3. The SMILES string of the molecule is CC1(C(=O)OCc2ccccc2)CCCCC1=O.CCOC(=O)C1CCCCC1=O.C[C@]1(C(=O)O)CCCCC1Cc1nc(-c2c[nH]c3ncc(Cl)cc23)ncc1F.C[C@]1(C(=O)O)CCCC[C@@H]1N.C[C@]1(C(=O)OCc2ccccc2)CCCC[C@@H]1NCc1ccccc1.Cc1ccc(S(=O)(=O)n2cc(-c3ncc(F)c(CC4CCCC[C@]4(C)C(=O)O)n3)c3cc(Cl)cnc32)cc1.O=C1CCCCC1C(=O)OCc1ccccc1. The highest BCUT2D eigenvalue weighted by molar-refractivity contribution is 7.90. The normalized spacial score (nSPS) is 23.1. The number of aliphatic carboxylic acids is 3. The summed E-state index contributed by atoms with van der Waals surface area (Å²) in [5, 5.41) is 34.0. The van der Waals surface area contributed by atoms with Gasteiger partial charge in [-0.15, -0.1) is 0 Å². The van der Waals surface area contributed by atoms with Crippen LogP contribution in [-0.4, -0.2) is 140 Å². The summed E-state index contributed by atoms with van der Waals surface area (Å²) in [4.78, 5) is 146. The highest BCUT2D eigenvalue weighted by atomic mass is 35.5. The number of halogens is 4. The van der Waals surface area contributed by atoms with Gasteiger partial charge in [0.05, 0.1) is 67.0 Å². The zero-order valence-electron chi connectivity index (χ0n) is 85.7. The fraction of sp³-hybridized carbons (Fsp3) is 0.461. The summed E-state index contributed by atoms with van der Waals surface area (Å²) in [7, 11) is -4.03. The van der Waals surface area contributed by atoms with Crippen molar-refractivity contribution in [2.75, 3.05) is 6.61 Å². The van der Waals surface area contributed by atoms with Gasteiger partial charge in [0.1, 0.15) is 60.1 Å². The van der Waals surface area contributed by atoms with Gasteiger partial charge in [-0.3, -0.25) is 47.9 Å². The molecule has 7 N–H and O–H groups in total. The van der Waals surface area contributed by atoms with Crippen molar-refractivity contribution in [1.29, 1.82) is 0 Å². The Labute approximate surface area is 878 Å². The van der Waals surface area contributed by atoms with E-state index in [2.05, 4.69) is 59.3 Å². The first kappa shape index (κ1) is 115. The molecule has 0 spiro atoms. The summed E-state index contributed by atoms with van der Waals surface area (Å²) < 4.78 is 78.5. The van der Waals surface area contributed by atoms with Crippen LogP contribution in [0.1, 0.15) is 261 Å². The maximum Gasteiger partial charge on any atom is 0.319 e. The largest absolute Gasteiger partial charge is 0.481 e. The molecule has 5 unspecified atom stereocenters. The Kier molecular flexibility index (Phi) is 41.4. The second-order valence-corrected chi connectivity index (χ2v) is 43.5. The summed E-state index contributed by atoms with van der Waals surface area (Å²) in [6.07, 6.45) is 31.4. The monoisotopic (exact) mass is 2100 g/mol. The molecule has 0 radical (unpaired) electrons. The molecule has 11 atom stereocenters. The number of hydrogen-bond donors (Lipinski definition) is 6. The van der Waals surface area contributed by atoms with Gasteiger partial charge in [-0.25, -0.2) is 51.1 Å². The number of ether oxygens (including phenoxy) is 4. The second kappa shape index (κ2) is 53.6. The van der Waals surface area contributed by atoms with E-state index >= 15 is 0 Å². The Hall–Kier alpha value is -12.8. The number of nitrogens with two attached hydrogens (primary N) is 1. The number of benzene rings is 5. The van der Waals surface area contributed by atoms with Crippen molar-refractivity contribution >= 4 is 114 Å². The second-order valence-electron chi connectivity index (χ2n) is 40.8. The standard InChI is InChI=1S/C27H26ClFN4O4S.C22H27NO2.C20H20ClFN4O2.C15H18O3.C14H16O3.C9H14O3.C8H15NO2/c1-16-6-8-19(9-7-16)38(36,37)33-15-21(20-12-18(28)13-31-25(20)33)24-30-14-22(29)23(32-24)11-17-5-3-4-10-27(17,2)26(34)35;1-22(21(24)25-17-19-12-6-3-7-13-19)15-9-8-14-20(22)23-16-18-10-4-2-5-11-18;1-20(19(27)28)5-3-2-4-11(20)6-16-15(22)10-25-18(26-16)14-9-24-17-13(14)7-12(21)8-23-17;1-15(10-6-5-9-13(15)16)14(17)18-11-12-7-3-2-4-8-12;15-13-9-5-4-8-12(13)14(16)17-10-11-6-2-1-3-7-11;1-2-12-9(11)7-5-3-4-6-8(7)10;1-8(7(10)11)5-3-2-4-6(8)9/h6-9,12-15,17H,3-5,10-11H2,1-2H3,(H,34,35);2-7,10-13,20,23H,8-9,14-17H2,1H3;7-11H,2-6H2,1H3,(H,23,24)(H,27,28);2-4,7-8H,5-6,9-11H2,1H3;1-3,6-7,12H,4-5,8-10H2;7H,2-6H2,1H3;6H,2-5,9H2,1H3,(H,10,11)/t17?,27-;20-,22-;11?,20-;;;;6-,8-/m000...0/s1. The minimum Gasteiger partial charge on any atom is -0.481 e. The van der Waals surface area contributed by atoms with Crippen molar-refractivity contribution in [2.24, 2.45) is 56.5 Å². The number of rotatable bonds is 25. The summed E-state index contributed by atoms with van der Waals surface area (Å²) in [6, 6.07) is 49.0. The van der Waals surface area contributed by atoms with Gasteiger partial charge < -0.3 is 50.3 Å². The molecule has 7 saturated carbocycles. The third-order valence-electron chi connectivity index (χ3n) is 30.3. The molecule has 0 saturated heterocycles. The van der Waals surface area contributed by atoms with Gasteiger partial charge in [-0.05, 0) is 210 Å². The lowest BCUT2D eigenvalue weighted by molar-refractivity contribution is -0.163. The number of esters is 4. The lowest BCUT2D eigenvalue weighted by Gasteiger charge is -2.39. The molecule has 7 fully saturated rings. The Morgan fingerprint density at radius 3 is 1.40 bits per heavy atom. The molecule has 6 heterocycles. The summed E-state index contributed by atoms with van der Waals surface area (Å²) in [5.41, 5.74) is 9.01. The molecule has 6 aromatic heterocycles. The number of aromatic amines is 1. The van der Waals surface area contributed by atoms with E-state index < -0.39 is 78.5 Å². The minimum atomic E-state index is -4.03. The topological polar surface area (TPSA) is 439 Å². The van der Waals surface area contributed by atoms with Gasteiger partial charge in [0, 0.05) is 84.6 Å². The number of pyridine rings is 2. The Morgan fingerprint density at radius 1 is 0.483 bits per heavy atom. The number of carbonyl (C=O) groups is 10. The maximum atomic E-state index is 14.9. The van der Waals surface area contributed by atoms with Gasteiger partial charge in [0.2, 0.25) is 0 Å². The number of nitrogens with one attached hydrogen (secondary N) is 2. The lowest BCUT2D eigenvalue weighted by atomic mass is 9.66. The van der Waals surface area contributed by atoms with Crippen LogP contribution in [0.15, 0.2) is 200 Å². The van der Waals surface area contributed by atoms with Crippen LogP contribution in [0.4, 0.5) is 8.78 Å². The molecule has 0 amide bonds. The first-order valence-electron chi connectivity index (χ1n) is 51.6. The van der Waals surface area contributed by atoms with Gasteiger partial charge in [-0.1, -0.05) is 233 Å². The van der Waals surface area contributed by atoms with Crippen molar-refractivity contribution in [3.05, 3.63) is 256 Å². The molecule has 11 aromatic rings. The van der Waals surface area contributed by atoms with Gasteiger partial charge >= 0.3 is 41.8 Å². The molecule has 29 nitrogen and oxygen atoms in total. The molecule has 34 heteroatoms. The molecule has 794 valence electrons. The summed E-state index contributed by atoms with van der Waals surface area (Å²) in [5.74, 6) is -5.67. The quantitative estimate of drug-likeness (QED) is 0.0176. The smallest absolute Gasteiger partial charge is 0.319 e. The summed E-state index contributed by atoms with van der Waals surface area (Å²) >= 11 is 12.3. The molecule has 7 aliphatic rings. The third kappa shape index (κ3) is 29.9. The zero-order chi connectivity index (χ0) is 107. The van der Waals surface area contributed by atoms with Crippen LogP contribution in [-0.2, 0) is 116 Å². The molecule has 149 heavy (non-hydrogen) atoms. The van der Waals surface area contributed by atoms with E-state index in [1.54, 1.807) is 65.1 Å². The highest BCUT2D eigenvalue weighted by Gasteiger charge is 2.49. The number of carboxylic acid groups (broad SMARTS) is 3. The van der Waals surface area contributed by atoms with Crippen molar-refractivity contribution in [3.8, 4) is 22.8 Å². The highest BCUT2D eigenvalue weighted by Crippen LogP contribution is 2.47. The molecule has 5 aromatic carbocycles. The van der Waals surface area contributed by atoms with Crippen molar-refractivity contribution in [3.63, 3.8) is 0 Å². The zero-order valence-corrected chi connectivity index (χ0v) is 88.0. The number of nitrogens with zero attached hydrogens (tertiary/aromatic N) is 7. The van der Waals surface area contributed by atoms with Crippen molar-refractivity contribution in [2.45, 2.75) is 284 Å². The Bertz CT molecular complexity index is 6570. The first-order chi connectivity index (χ1) is 71.3. The number of hydrogen-bond acceptors (Lipinski definition) is 24. The van der Waals surface area contributed by atoms with Gasteiger partial charge in [-0.2, -0.15) is 0 Å². The van der Waals surface area contributed by atoms with Gasteiger partial charge in [0.15, 0.2) is 28.9 Å². The summed E-state index contributed by atoms with van der Waals surface area (Å²) in [6.45, 7) is 14.6. The molecule has 0 aliphatic heterocycles. The molecule has 18 rings (SSSR count). The van der Waals surface area contributed by atoms with Crippen LogP contribution in [0.2, 0.25) is 10.0 Å². The molecule has 0 bridgehead atoms. The van der Waals surface area contributed by atoms with E-state index in [-0.39, 0.29) is 124 Å². The fourth-order valence-electron chi connectivity index (χ4n) is 20.3. The lowest BCUT2D eigenvalue weighted by Crippen LogP contribution is -2.50. The number of aryl methyl sites for hydroxylation is 1. The first-order valence-corrected chi connectivity index (χ1v) is 53.8. The van der Waals surface area contributed by atoms with E-state index in [1.807, 2.05) is 116 Å². The number of H-pyrrole nitrogens is 1. The van der Waals surface area contributed by atoms with E-state index in [4.69, 9.17) is 53.0 Å². The molecule has 7 aliphatic carbocycles. The van der Waals surface area contributed by atoms with E-state index in [1.165, 1.54) is 36.3 Å². The number of fused-ring (bicyclic) bond motifs is 2. The van der Waals surface area contributed by atoms with Crippen LogP contribution in [0.5, 0.6) is 0 Å². The third-order valence-corrected chi connectivity index (χ3v) is 32.4. The Morgan fingerprint density at radius 2 is 0.913 bits per heavy atom. The van der Waals surface area contributed by atoms with E-state index in [9.17, 15) is 75.4 Å². The van der Waals surface area contributed by atoms with Crippen LogP contribution < -0.4 is 11.1 Å². The van der Waals surface area contributed by atoms with Crippen LogP contribution in [0, 0.1) is 69.3 Å². The van der Waals surface area contributed by atoms with E-state index in [0.29, 0.717) is 104 Å². The van der Waals surface area contributed by atoms with Crippen LogP contribution >= 0.6 is 23.2 Å². The van der Waals surface area contributed by atoms with Crippen molar-refractivity contribution in [1.82, 2.24) is 44.2 Å². The molecular formula is C115H136Cl2F2N10O19S. The number of ketones is 3. The van der Waals surface area contributed by atoms with Crippen molar-refractivity contribution < 1.29 is 99.4 Å². The molecular weight excluding hydrogens is 1970 g/mol. The average Bonchev–Trinajstić information content (AvgIpc) is 1.59.